The lowest BCUT2D eigenvalue weighted by Crippen LogP contribution is -2.13. The fourth-order valence-electron chi connectivity index (χ4n) is 4.93. The Kier molecular flexibility index (Phi) is 19.7. The van der Waals surface area contributed by atoms with E-state index in [2.05, 4.69) is 6.58 Å². The smallest absolute Gasteiger partial charge is 0.338 e. The third-order valence-corrected chi connectivity index (χ3v) is 7.57. The van der Waals surface area contributed by atoms with Crippen LogP contribution in [-0.4, -0.2) is 43.5 Å². The van der Waals surface area contributed by atoms with Crippen LogP contribution in [0.4, 0.5) is 0 Å². The van der Waals surface area contributed by atoms with Gasteiger partial charge < -0.3 is 14.2 Å². The van der Waals surface area contributed by atoms with Crippen LogP contribution in [0.3, 0.4) is 0 Å². The Morgan fingerprint density at radius 3 is 1.51 bits per heavy atom. The molecule has 2 aromatic carbocycles. The van der Waals surface area contributed by atoms with Gasteiger partial charge in [-0.25, -0.2) is 9.59 Å². The second kappa shape index (κ2) is 23.6. The van der Waals surface area contributed by atoms with Gasteiger partial charge in [0.05, 0.1) is 25.4 Å². The van der Waals surface area contributed by atoms with E-state index in [1.165, 1.54) is 57.8 Å². The van der Waals surface area contributed by atoms with Crippen molar-refractivity contribution in [2.24, 2.45) is 0 Å². The second-order valence-electron chi connectivity index (χ2n) is 11.6. The molecule has 7 nitrogen and oxygen atoms in total. The Balaban J connectivity index is 1.36. The summed E-state index contributed by atoms with van der Waals surface area (Å²) in [7, 11) is 0. The fraction of sp³-hybridized carbons (Fsp3) is 0.526. The van der Waals surface area contributed by atoms with E-state index >= 15 is 0 Å². The van der Waals surface area contributed by atoms with E-state index in [0.29, 0.717) is 41.9 Å². The highest BCUT2D eigenvalue weighted by Gasteiger charge is 2.18. The number of rotatable bonds is 25. The average molecular weight is 621 g/mol. The molecule has 0 aliphatic heterocycles. The summed E-state index contributed by atoms with van der Waals surface area (Å²) in [6.07, 6.45) is 16.9. The standard InChI is InChI=1S/C38H52O7/c1-31(2)37(41)44-30-22-27-35(39)43-28-20-13-11-9-7-5-3-4-6-8-10-12-14-21-29-45-38(42)34-26-19-18-25-33(34)36(40)32-23-16-15-17-24-32/h15-19,23-26H,1,3-14,20-22,27-30H2,2H3. The van der Waals surface area contributed by atoms with Crippen molar-refractivity contribution >= 4 is 23.7 Å². The zero-order chi connectivity index (χ0) is 32.5. The van der Waals surface area contributed by atoms with Gasteiger partial charge in [0.15, 0.2) is 5.78 Å². The first-order valence-electron chi connectivity index (χ1n) is 16.7. The largest absolute Gasteiger partial charge is 0.466 e. The summed E-state index contributed by atoms with van der Waals surface area (Å²) in [6, 6.07) is 15.8. The zero-order valence-corrected chi connectivity index (χ0v) is 27.2. The molecule has 0 heterocycles. The highest BCUT2D eigenvalue weighted by atomic mass is 16.5. The normalized spacial score (nSPS) is 10.7. The second-order valence-corrected chi connectivity index (χ2v) is 11.6. The molecule has 0 fully saturated rings. The third-order valence-electron chi connectivity index (χ3n) is 7.57. The Morgan fingerprint density at radius 2 is 0.978 bits per heavy atom. The number of benzene rings is 2. The minimum absolute atomic E-state index is 0.175. The lowest BCUT2D eigenvalue weighted by molar-refractivity contribution is -0.146. The number of ketones is 1. The van der Waals surface area contributed by atoms with Crippen LogP contribution in [0.15, 0.2) is 66.7 Å². The number of carbonyl (C=O) groups is 4. The maximum Gasteiger partial charge on any atom is 0.338 e. The Hall–Kier alpha value is -3.74. The van der Waals surface area contributed by atoms with Crippen LogP contribution in [0.2, 0.25) is 0 Å². The van der Waals surface area contributed by atoms with E-state index in [1.54, 1.807) is 43.3 Å². The third kappa shape index (κ3) is 16.8. The number of hydrogen-bond acceptors (Lipinski definition) is 7. The first kappa shape index (κ1) is 37.4. The molecule has 2 aromatic rings. The van der Waals surface area contributed by atoms with Crippen LogP contribution in [-0.2, 0) is 23.8 Å². The molecule has 0 aliphatic carbocycles. The monoisotopic (exact) mass is 620 g/mol. The van der Waals surface area contributed by atoms with Crippen LogP contribution in [0.25, 0.3) is 0 Å². The van der Waals surface area contributed by atoms with E-state index in [9.17, 15) is 19.2 Å². The summed E-state index contributed by atoms with van der Waals surface area (Å²) >= 11 is 0. The van der Waals surface area contributed by atoms with Crippen molar-refractivity contribution < 1.29 is 33.4 Å². The van der Waals surface area contributed by atoms with Crippen molar-refractivity contribution in [3.63, 3.8) is 0 Å². The SMILES string of the molecule is C=C(C)C(=O)OCCCC(=O)OCCCCCCCCCCCCCCCCOC(=O)c1ccccc1C(=O)c1ccccc1. The fourth-order valence-corrected chi connectivity index (χ4v) is 4.93. The van der Waals surface area contributed by atoms with E-state index in [-0.39, 0.29) is 24.8 Å². The maximum atomic E-state index is 12.8. The zero-order valence-electron chi connectivity index (χ0n) is 27.2. The first-order chi connectivity index (χ1) is 21.9. The molecule has 0 saturated heterocycles. The molecule has 0 atom stereocenters. The van der Waals surface area contributed by atoms with E-state index in [1.807, 2.05) is 18.2 Å². The summed E-state index contributed by atoms with van der Waals surface area (Å²) in [4.78, 5) is 48.5. The van der Waals surface area contributed by atoms with Crippen LogP contribution in [0, 0.1) is 0 Å². The van der Waals surface area contributed by atoms with Crippen molar-refractivity contribution in [2.75, 3.05) is 19.8 Å². The quantitative estimate of drug-likeness (QED) is 0.0359. The molecule has 0 radical (unpaired) electrons. The van der Waals surface area contributed by atoms with Gasteiger partial charge in [0.1, 0.15) is 0 Å². The first-order valence-corrected chi connectivity index (χ1v) is 16.7. The highest BCUT2D eigenvalue weighted by Crippen LogP contribution is 2.17. The Labute approximate surface area is 269 Å². The van der Waals surface area contributed by atoms with Gasteiger partial charge in [-0.1, -0.05) is 132 Å². The molecule has 0 bridgehead atoms. The molecule has 0 aliphatic rings. The minimum atomic E-state index is -0.440. The van der Waals surface area contributed by atoms with E-state index in [4.69, 9.17) is 14.2 Å². The number of hydrogen-bond donors (Lipinski definition) is 0. The predicted molar refractivity (Wildman–Crippen MR) is 177 cm³/mol. The highest BCUT2D eigenvalue weighted by molar-refractivity contribution is 6.14. The van der Waals surface area contributed by atoms with Gasteiger partial charge in [0.2, 0.25) is 0 Å². The minimum Gasteiger partial charge on any atom is -0.466 e. The summed E-state index contributed by atoms with van der Waals surface area (Å²) in [5.41, 5.74) is 1.60. The average Bonchev–Trinajstić information content (AvgIpc) is 3.05. The van der Waals surface area contributed by atoms with Crippen molar-refractivity contribution in [2.45, 2.75) is 110 Å². The van der Waals surface area contributed by atoms with Gasteiger partial charge in [-0.2, -0.15) is 0 Å². The molecular weight excluding hydrogens is 568 g/mol. The van der Waals surface area contributed by atoms with Gasteiger partial charge in [-0.05, 0) is 32.3 Å². The molecule has 0 amide bonds. The van der Waals surface area contributed by atoms with Crippen molar-refractivity contribution in [1.29, 1.82) is 0 Å². The van der Waals surface area contributed by atoms with Crippen LogP contribution in [0.5, 0.6) is 0 Å². The van der Waals surface area contributed by atoms with Gasteiger partial charge in [-0.15, -0.1) is 0 Å². The number of esters is 3. The number of unbranched alkanes of at least 4 members (excludes halogenated alkanes) is 13. The van der Waals surface area contributed by atoms with Crippen LogP contribution >= 0.6 is 0 Å². The summed E-state index contributed by atoms with van der Waals surface area (Å²) in [6.45, 7) is 6.15. The molecule has 0 N–H and O–H groups in total. The van der Waals surface area contributed by atoms with E-state index < -0.39 is 11.9 Å². The Morgan fingerprint density at radius 1 is 0.533 bits per heavy atom. The molecule has 0 spiro atoms. The molecule has 45 heavy (non-hydrogen) atoms. The maximum absolute atomic E-state index is 12.8. The van der Waals surface area contributed by atoms with Crippen molar-refractivity contribution in [3.8, 4) is 0 Å². The van der Waals surface area contributed by atoms with Gasteiger partial charge >= 0.3 is 17.9 Å². The summed E-state index contributed by atoms with van der Waals surface area (Å²) < 4.78 is 15.7. The summed E-state index contributed by atoms with van der Waals surface area (Å²) in [5, 5.41) is 0. The lowest BCUT2D eigenvalue weighted by atomic mass is 9.98. The lowest BCUT2D eigenvalue weighted by Gasteiger charge is -2.09. The number of carbonyl (C=O) groups excluding carboxylic acids is 4. The van der Waals surface area contributed by atoms with Crippen molar-refractivity contribution in [1.82, 2.24) is 0 Å². The van der Waals surface area contributed by atoms with Crippen molar-refractivity contribution in [3.05, 3.63) is 83.4 Å². The van der Waals surface area contributed by atoms with Gasteiger partial charge in [0.25, 0.3) is 0 Å². The molecular formula is C38H52O7. The molecule has 0 saturated carbocycles. The Bertz CT molecular complexity index is 1170. The van der Waals surface area contributed by atoms with Gasteiger partial charge in [0, 0.05) is 23.1 Å². The summed E-state index contributed by atoms with van der Waals surface area (Å²) in [5.74, 6) is -1.28. The molecule has 0 aromatic heterocycles. The van der Waals surface area contributed by atoms with Gasteiger partial charge in [-0.3, -0.25) is 9.59 Å². The van der Waals surface area contributed by atoms with E-state index in [0.717, 1.165) is 32.1 Å². The van der Waals surface area contributed by atoms with Crippen LogP contribution < -0.4 is 0 Å². The topological polar surface area (TPSA) is 96.0 Å². The molecule has 0 unspecified atom stereocenters. The molecule has 2 rings (SSSR count). The molecule has 246 valence electrons. The molecule has 7 heteroatoms. The predicted octanol–water partition coefficient (Wildman–Crippen LogP) is 8.98. The number of ether oxygens (including phenoxy) is 3. The van der Waals surface area contributed by atoms with Crippen LogP contribution in [0.1, 0.15) is 136 Å².